The lowest BCUT2D eigenvalue weighted by Gasteiger charge is -2.23. The standard InChI is InChI=1S/C20H26N4O/c1-16(25)24-11-6-9-20(24)19-14-21-13-18(22-19)15-23(2)12-10-17-7-4-3-5-8-17/h3-5,7-8,13-14,20H,6,9-12,15H2,1-2H3/t20-/m0/s1. The number of rotatable bonds is 6. The molecule has 132 valence electrons. The van der Waals surface area contributed by atoms with Crippen LogP contribution in [0.15, 0.2) is 42.7 Å². The minimum absolute atomic E-state index is 0.0829. The van der Waals surface area contributed by atoms with Gasteiger partial charge in [-0.1, -0.05) is 30.3 Å². The van der Waals surface area contributed by atoms with Gasteiger partial charge in [-0.25, -0.2) is 0 Å². The first kappa shape index (κ1) is 17.5. The highest BCUT2D eigenvalue weighted by Crippen LogP contribution is 2.30. The molecule has 1 fully saturated rings. The van der Waals surface area contributed by atoms with Crippen molar-refractivity contribution in [3.63, 3.8) is 0 Å². The smallest absolute Gasteiger partial charge is 0.220 e. The Balaban J connectivity index is 1.60. The summed E-state index contributed by atoms with van der Waals surface area (Å²) >= 11 is 0. The number of nitrogens with zero attached hydrogens (tertiary/aromatic N) is 4. The summed E-state index contributed by atoms with van der Waals surface area (Å²) in [6.45, 7) is 4.19. The van der Waals surface area contributed by atoms with Crippen molar-refractivity contribution >= 4 is 5.91 Å². The number of hydrogen-bond acceptors (Lipinski definition) is 4. The van der Waals surface area contributed by atoms with Gasteiger partial charge in [0.1, 0.15) is 0 Å². The highest BCUT2D eigenvalue weighted by Gasteiger charge is 2.29. The number of likely N-dealkylation sites (tertiary alicyclic amines) is 1. The van der Waals surface area contributed by atoms with Gasteiger partial charge in [0.15, 0.2) is 0 Å². The summed E-state index contributed by atoms with van der Waals surface area (Å²) in [5.41, 5.74) is 3.22. The van der Waals surface area contributed by atoms with Crippen molar-refractivity contribution in [1.82, 2.24) is 19.8 Å². The Bertz CT molecular complexity index is 704. The second-order valence-corrected chi connectivity index (χ2v) is 6.78. The second kappa shape index (κ2) is 8.21. The van der Waals surface area contributed by atoms with Crippen molar-refractivity contribution in [3.8, 4) is 0 Å². The second-order valence-electron chi connectivity index (χ2n) is 6.78. The molecule has 5 heteroatoms. The highest BCUT2D eigenvalue weighted by atomic mass is 16.2. The van der Waals surface area contributed by atoms with Crippen LogP contribution in [0.4, 0.5) is 0 Å². The largest absolute Gasteiger partial charge is 0.334 e. The fourth-order valence-electron chi connectivity index (χ4n) is 3.43. The van der Waals surface area contributed by atoms with E-state index < -0.39 is 0 Å². The van der Waals surface area contributed by atoms with Crippen molar-refractivity contribution in [3.05, 3.63) is 59.7 Å². The van der Waals surface area contributed by atoms with E-state index in [1.807, 2.05) is 17.2 Å². The molecule has 1 amide bonds. The number of aromatic nitrogens is 2. The van der Waals surface area contributed by atoms with Crippen molar-refractivity contribution < 1.29 is 4.79 Å². The molecule has 0 bridgehead atoms. The van der Waals surface area contributed by atoms with E-state index in [0.29, 0.717) is 0 Å². The van der Waals surface area contributed by atoms with E-state index in [-0.39, 0.29) is 11.9 Å². The Morgan fingerprint density at radius 1 is 1.28 bits per heavy atom. The first-order valence-electron chi connectivity index (χ1n) is 8.94. The van der Waals surface area contributed by atoms with Crippen LogP contribution in [0.2, 0.25) is 0 Å². The quantitative estimate of drug-likeness (QED) is 0.813. The van der Waals surface area contributed by atoms with Crippen molar-refractivity contribution in [2.45, 2.75) is 38.8 Å². The third-order valence-electron chi connectivity index (χ3n) is 4.76. The van der Waals surface area contributed by atoms with Gasteiger partial charge in [-0.3, -0.25) is 14.8 Å². The van der Waals surface area contributed by atoms with E-state index in [9.17, 15) is 4.79 Å². The fourth-order valence-corrected chi connectivity index (χ4v) is 3.43. The molecule has 0 unspecified atom stereocenters. The summed E-state index contributed by atoms with van der Waals surface area (Å²) in [4.78, 5) is 25.1. The molecule has 1 aromatic carbocycles. The molecule has 5 nitrogen and oxygen atoms in total. The molecule has 2 aromatic rings. The zero-order chi connectivity index (χ0) is 17.6. The average molecular weight is 338 g/mol. The number of amides is 1. The summed E-state index contributed by atoms with van der Waals surface area (Å²) in [5, 5.41) is 0. The lowest BCUT2D eigenvalue weighted by atomic mass is 10.1. The molecule has 1 aliphatic heterocycles. The Morgan fingerprint density at radius 3 is 2.84 bits per heavy atom. The maximum atomic E-state index is 11.8. The molecule has 1 saturated heterocycles. The van der Waals surface area contributed by atoms with Crippen LogP contribution in [0.1, 0.15) is 42.8 Å². The third-order valence-corrected chi connectivity index (χ3v) is 4.76. The maximum Gasteiger partial charge on any atom is 0.220 e. The average Bonchev–Trinajstić information content (AvgIpc) is 3.11. The molecular formula is C20H26N4O. The van der Waals surface area contributed by atoms with Gasteiger partial charge in [0.05, 0.1) is 23.6 Å². The van der Waals surface area contributed by atoms with Gasteiger partial charge >= 0.3 is 0 Å². The summed E-state index contributed by atoms with van der Waals surface area (Å²) in [7, 11) is 2.11. The summed E-state index contributed by atoms with van der Waals surface area (Å²) in [6.07, 6.45) is 6.66. The first-order chi connectivity index (χ1) is 12.1. The number of carbonyl (C=O) groups is 1. The molecule has 1 aliphatic rings. The molecule has 25 heavy (non-hydrogen) atoms. The van der Waals surface area contributed by atoms with Crippen LogP contribution < -0.4 is 0 Å². The van der Waals surface area contributed by atoms with Crippen LogP contribution in [0.3, 0.4) is 0 Å². The molecule has 1 aromatic heterocycles. The zero-order valence-corrected chi connectivity index (χ0v) is 15.1. The van der Waals surface area contributed by atoms with E-state index >= 15 is 0 Å². The highest BCUT2D eigenvalue weighted by molar-refractivity contribution is 5.74. The topological polar surface area (TPSA) is 49.3 Å². The normalized spacial score (nSPS) is 17.2. The van der Waals surface area contributed by atoms with Gasteiger partial charge in [0.2, 0.25) is 5.91 Å². The Kier molecular flexibility index (Phi) is 5.76. The molecule has 0 spiro atoms. The van der Waals surface area contributed by atoms with E-state index in [2.05, 4.69) is 41.2 Å². The van der Waals surface area contributed by atoms with Crippen LogP contribution in [0.5, 0.6) is 0 Å². The summed E-state index contributed by atoms with van der Waals surface area (Å²) in [6, 6.07) is 10.6. The predicted molar refractivity (Wildman–Crippen MR) is 97.9 cm³/mol. The van der Waals surface area contributed by atoms with E-state index in [1.54, 1.807) is 13.1 Å². The Labute approximate surface area is 149 Å². The Hall–Kier alpha value is -2.27. The van der Waals surface area contributed by atoms with Gasteiger partial charge in [-0.05, 0) is 31.9 Å². The minimum atomic E-state index is 0.0829. The van der Waals surface area contributed by atoms with E-state index in [4.69, 9.17) is 4.98 Å². The van der Waals surface area contributed by atoms with E-state index in [1.165, 1.54) is 5.56 Å². The minimum Gasteiger partial charge on any atom is -0.334 e. The van der Waals surface area contributed by atoms with Gasteiger partial charge < -0.3 is 9.80 Å². The molecule has 0 saturated carbocycles. The number of hydrogen-bond donors (Lipinski definition) is 0. The maximum absolute atomic E-state index is 11.8. The Morgan fingerprint density at radius 2 is 2.08 bits per heavy atom. The molecular weight excluding hydrogens is 312 g/mol. The number of carbonyl (C=O) groups excluding carboxylic acids is 1. The number of benzene rings is 1. The molecule has 0 radical (unpaired) electrons. The lowest BCUT2D eigenvalue weighted by molar-refractivity contribution is -0.129. The first-order valence-corrected chi connectivity index (χ1v) is 8.94. The molecule has 0 N–H and O–H groups in total. The molecule has 1 atom stereocenters. The zero-order valence-electron chi connectivity index (χ0n) is 15.1. The molecule has 3 rings (SSSR count). The molecule has 0 aliphatic carbocycles. The SMILES string of the molecule is CC(=O)N1CCC[C@H]1c1cncc(CN(C)CCc2ccccc2)n1. The van der Waals surface area contributed by atoms with Crippen molar-refractivity contribution in [1.29, 1.82) is 0 Å². The van der Waals surface area contributed by atoms with Gasteiger partial charge in [-0.2, -0.15) is 0 Å². The lowest BCUT2D eigenvalue weighted by Crippen LogP contribution is -2.29. The third kappa shape index (κ3) is 4.63. The van der Waals surface area contributed by atoms with Crippen LogP contribution in [0.25, 0.3) is 0 Å². The fraction of sp³-hybridized carbons (Fsp3) is 0.450. The van der Waals surface area contributed by atoms with Gasteiger partial charge in [-0.15, -0.1) is 0 Å². The van der Waals surface area contributed by atoms with Crippen LogP contribution >= 0.6 is 0 Å². The van der Waals surface area contributed by atoms with Crippen LogP contribution in [-0.2, 0) is 17.8 Å². The van der Waals surface area contributed by atoms with Crippen molar-refractivity contribution in [2.24, 2.45) is 0 Å². The monoisotopic (exact) mass is 338 g/mol. The van der Waals surface area contributed by atoms with E-state index in [0.717, 1.165) is 50.3 Å². The van der Waals surface area contributed by atoms with Gasteiger partial charge in [0.25, 0.3) is 0 Å². The summed E-state index contributed by atoms with van der Waals surface area (Å²) in [5.74, 6) is 0.120. The summed E-state index contributed by atoms with van der Waals surface area (Å²) < 4.78 is 0. The van der Waals surface area contributed by atoms with Gasteiger partial charge in [0, 0.05) is 32.8 Å². The number of likely N-dealkylation sites (N-methyl/N-ethyl adjacent to an activating group) is 1. The molecule has 2 heterocycles. The van der Waals surface area contributed by atoms with Crippen LogP contribution in [0, 0.1) is 0 Å². The van der Waals surface area contributed by atoms with Crippen LogP contribution in [-0.4, -0.2) is 45.8 Å². The predicted octanol–water partition coefficient (Wildman–Crippen LogP) is 2.83. The van der Waals surface area contributed by atoms with Crippen molar-refractivity contribution in [2.75, 3.05) is 20.1 Å².